The number of rotatable bonds is 3. The maximum Gasteiger partial charge on any atom is 0.273 e. The van der Waals surface area contributed by atoms with E-state index in [0.717, 1.165) is 5.56 Å². The Morgan fingerprint density at radius 1 is 1.11 bits per heavy atom. The minimum absolute atomic E-state index is 0.139. The lowest BCUT2D eigenvalue weighted by molar-refractivity contribution is -0.127. The van der Waals surface area contributed by atoms with Crippen LogP contribution in [0.25, 0.3) is 10.9 Å². The van der Waals surface area contributed by atoms with Crippen molar-refractivity contribution in [3.05, 3.63) is 77.7 Å². The average Bonchev–Trinajstić information content (AvgIpc) is 2.70. The lowest BCUT2D eigenvalue weighted by atomic mass is 10.0. The summed E-state index contributed by atoms with van der Waals surface area (Å²) < 4.78 is 14.0. The number of aromatic nitrogens is 1. The zero-order valence-corrected chi connectivity index (χ0v) is 14.6. The number of halogens is 1. The molecule has 6 heteroatoms. The number of pyridine rings is 1. The van der Waals surface area contributed by atoms with Gasteiger partial charge >= 0.3 is 0 Å². The van der Waals surface area contributed by atoms with Crippen molar-refractivity contribution >= 4 is 22.7 Å². The van der Waals surface area contributed by atoms with Crippen molar-refractivity contribution in [1.82, 2.24) is 15.2 Å². The molecule has 1 aromatic heterocycles. The van der Waals surface area contributed by atoms with Crippen molar-refractivity contribution in [2.24, 2.45) is 0 Å². The molecule has 1 aliphatic rings. The smallest absolute Gasteiger partial charge is 0.273 e. The Kier molecular flexibility index (Phi) is 4.54. The highest BCUT2D eigenvalue weighted by Crippen LogP contribution is 2.19. The highest BCUT2D eigenvalue weighted by atomic mass is 19.1. The van der Waals surface area contributed by atoms with Crippen molar-refractivity contribution in [3.8, 4) is 0 Å². The van der Waals surface area contributed by atoms with Gasteiger partial charge in [-0.25, -0.2) is 9.37 Å². The number of hydrogen-bond acceptors (Lipinski definition) is 3. The summed E-state index contributed by atoms with van der Waals surface area (Å²) in [6, 6.07) is 16.8. The molecule has 27 heavy (non-hydrogen) atoms. The predicted molar refractivity (Wildman–Crippen MR) is 99.7 cm³/mol. The summed E-state index contributed by atoms with van der Waals surface area (Å²) in [7, 11) is 0. The van der Waals surface area contributed by atoms with Crippen LogP contribution in [0.5, 0.6) is 0 Å². The second-order valence-electron chi connectivity index (χ2n) is 6.50. The Hall–Kier alpha value is -3.28. The number of amides is 2. The summed E-state index contributed by atoms with van der Waals surface area (Å²) >= 11 is 0. The van der Waals surface area contributed by atoms with Crippen molar-refractivity contribution in [3.63, 3.8) is 0 Å². The van der Waals surface area contributed by atoms with E-state index in [-0.39, 0.29) is 23.0 Å². The van der Waals surface area contributed by atoms with Crippen molar-refractivity contribution in [1.29, 1.82) is 0 Å². The fourth-order valence-corrected chi connectivity index (χ4v) is 3.38. The number of nitrogens with one attached hydrogen (secondary N) is 1. The topological polar surface area (TPSA) is 62.3 Å². The van der Waals surface area contributed by atoms with Crippen LogP contribution in [0, 0.1) is 5.82 Å². The molecule has 2 heterocycles. The molecule has 0 aliphatic carbocycles. The van der Waals surface area contributed by atoms with Crippen LogP contribution < -0.4 is 5.32 Å². The minimum atomic E-state index is -0.619. The number of carbonyl (C=O) groups is 2. The first-order valence-electron chi connectivity index (χ1n) is 8.81. The van der Waals surface area contributed by atoms with E-state index in [1.807, 2.05) is 30.3 Å². The zero-order chi connectivity index (χ0) is 18.8. The standard InChI is InChI=1S/C21H18FN3O2/c22-16-8-4-7-15-9-10-17(24-19(15)16)21(27)25-12-11-23-20(26)18(25)13-14-5-2-1-3-6-14/h1-10,18H,11-13H2,(H,23,26)/t18-/m1/s1. The highest BCUT2D eigenvalue weighted by Gasteiger charge is 2.34. The summed E-state index contributed by atoms with van der Waals surface area (Å²) in [6.45, 7) is 0.775. The van der Waals surface area contributed by atoms with E-state index in [2.05, 4.69) is 10.3 Å². The van der Waals surface area contributed by atoms with Crippen LogP contribution in [0.4, 0.5) is 4.39 Å². The Balaban J connectivity index is 1.66. The van der Waals surface area contributed by atoms with Crippen molar-refractivity contribution in [2.45, 2.75) is 12.5 Å². The van der Waals surface area contributed by atoms with E-state index in [1.165, 1.54) is 11.0 Å². The molecule has 0 bridgehead atoms. The number of nitrogens with zero attached hydrogens (tertiary/aromatic N) is 2. The third kappa shape index (κ3) is 3.38. The van der Waals surface area contributed by atoms with Crippen LogP contribution in [-0.2, 0) is 11.2 Å². The predicted octanol–water partition coefficient (Wildman–Crippen LogP) is 2.56. The van der Waals surface area contributed by atoms with Crippen LogP contribution in [0.3, 0.4) is 0 Å². The molecule has 1 atom stereocenters. The third-order valence-electron chi connectivity index (χ3n) is 4.75. The molecule has 2 amide bonds. The minimum Gasteiger partial charge on any atom is -0.353 e. The first-order chi connectivity index (χ1) is 13.1. The number of piperazine rings is 1. The zero-order valence-electron chi connectivity index (χ0n) is 14.6. The SMILES string of the molecule is O=C1NCCN(C(=O)c2ccc3cccc(F)c3n2)[C@@H]1Cc1ccccc1. The average molecular weight is 363 g/mol. The van der Waals surface area contributed by atoms with Crippen molar-refractivity contribution < 1.29 is 14.0 Å². The molecule has 4 rings (SSSR count). The number of carbonyl (C=O) groups excluding carboxylic acids is 2. The second-order valence-corrected chi connectivity index (χ2v) is 6.50. The summed E-state index contributed by atoms with van der Waals surface area (Å²) in [5.41, 5.74) is 1.26. The van der Waals surface area contributed by atoms with Crippen molar-refractivity contribution in [2.75, 3.05) is 13.1 Å². The Morgan fingerprint density at radius 3 is 2.74 bits per heavy atom. The maximum atomic E-state index is 14.0. The van der Waals surface area contributed by atoms with Gasteiger partial charge in [-0.05, 0) is 17.7 Å². The van der Waals surface area contributed by atoms with E-state index in [0.29, 0.717) is 24.9 Å². The Morgan fingerprint density at radius 2 is 1.93 bits per heavy atom. The largest absolute Gasteiger partial charge is 0.353 e. The summed E-state index contributed by atoms with van der Waals surface area (Å²) in [4.78, 5) is 31.2. The number of para-hydroxylation sites is 1. The van der Waals surface area contributed by atoms with Gasteiger partial charge in [0.05, 0.1) is 0 Å². The van der Waals surface area contributed by atoms with Gasteiger partial charge in [-0.15, -0.1) is 0 Å². The van der Waals surface area contributed by atoms with Gasteiger partial charge in [0.1, 0.15) is 23.1 Å². The molecular weight excluding hydrogens is 345 g/mol. The van der Waals surface area contributed by atoms with E-state index in [4.69, 9.17) is 0 Å². The van der Waals surface area contributed by atoms with Crippen LogP contribution in [0.15, 0.2) is 60.7 Å². The van der Waals surface area contributed by atoms with Gasteiger partial charge in [-0.3, -0.25) is 9.59 Å². The first kappa shape index (κ1) is 17.1. The van der Waals surface area contributed by atoms with E-state index >= 15 is 0 Å². The van der Waals surface area contributed by atoms with Gasteiger partial charge < -0.3 is 10.2 Å². The van der Waals surface area contributed by atoms with Crippen LogP contribution in [-0.4, -0.2) is 40.8 Å². The van der Waals surface area contributed by atoms with Crippen LogP contribution >= 0.6 is 0 Å². The molecule has 136 valence electrons. The molecule has 0 spiro atoms. The van der Waals surface area contributed by atoms with Gasteiger partial charge in [-0.1, -0.05) is 48.5 Å². The molecular formula is C21H18FN3O2. The molecule has 0 saturated carbocycles. The Labute approximate surface area is 155 Å². The van der Waals surface area contributed by atoms with E-state index in [1.54, 1.807) is 24.3 Å². The fraction of sp³-hybridized carbons (Fsp3) is 0.190. The molecule has 1 fully saturated rings. The van der Waals surface area contributed by atoms with Gasteiger partial charge in [-0.2, -0.15) is 0 Å². The third-order valence-corrected chi connectivity index (χ3v) is 4.75. The van der Waals surface area contributed by atoms with E-state index < -0.39 is 11.9 Å². The molecule has 0 radical (unpaired) electrons. The highest BCUT2D eigenvalue weighted by molar-refractivity contribution is 5.98. The summed E-state index contributed by atoms with van der Waals surface area (Å²) in [5, 5.41) is 3.44. The van der Waals surface area contributed by atoms with E-state index in [9.17, 15) is 14.0 Å². The monoisotopic (exact) mass is 363 g/mol. The molecule has 1 saturated heterocycles. The lowest BCUT2D eigenvalue weighted by Crippen LogP contribution is -2.58. The molecule has 1 N–H and O–H groups in total. The molecule has 0 unspecified atom stereocenters. The first-order valence-corrected chi connectivity index (χ1v) is 8.81. The van der Waals surface area contributed by atoms with Gasteiger partial charge in [0.15, 0.2) is 0 Å². The maximum absolute atomic E-state index is 14.0. The Bertz CT molecular complexity index is 1010. The molecule has 1 aliphatic heterocycles. The number of fused-ring (bicyclic) bond motifs is 1. The molecule has 5 nitrogen and oxygen atoms in total. The fourth-order valence-electron chi connectivity index (χ4n) is 3.38. The molecule has 3 aromatic rings. The van der Waals surface area contributed by atoms with Crippen LogP contribution in [0.1, 0.15) is 16.1 Å². The number of hydrogen-bond donors (Lipinski definition) is 1. The van der Waals surface area contributed by atoms with Gasteiger partial charge in [0, 0.05) is 24.9 Å². The second kappa shape index (κ2) is 7.15. The van der Waals surface area contributed by atoms with Crippen LogP contribution in [0.2, 0.25) is 0 Å². The normalized spacial score (nSPS) is 17.0. The lowest BCUT2D eigenvalue weighted by Gasteiger charge is -2.35. The summed E-state index contributed by atoms with van der Waals surface area (Å²) in [6.07, 6.45) is 0.417. The molecule has 2 aromatic carbocycles. The van der Waals surface area contributed by atoms with Gasteiger partial charge in [0.25, 0.3) is 5.91 Å². The quantitative estimate of drug-likeness (QED) is 0.778. The summed E-state index contributed by atoms with van der Waals surface area (Å²) in [5.74, 6) is -1.03. The van der Waals surface area contributed by atoms with Gasteiger partial charge in [0.2, 0.25) is 5.91 Å². The number of benzene rings is 2.